The van der Waals surface area contributed by atoms with E-state index in [1.54, 1.807) is 11.0 Å². The molecule has 3 heterocycles. The standard InChI is InChI=1S/C18H26N4O3/c1-14-5-2-3-8-22(14)16(24)13-20-9-11-21(12-10-20)18(25)17-15(23)6-4-7-19-17/h4,6-7,14,23H,2-3,5,8-13H2,1H3. The first-order valence-corrected chi connectivity index (χ1v) is 9.01. The van der Waals surface area contributed by atoms with Crippen LogP contribution in [0.5, 0.6) is 5.75 Å². The minimum absolute atomic E-state index is 0.0918. The second-order valence-corrected chi connectivity index (χ2v) is 6.87. The molecule has 2 aliphatic rings. The Hall–Kier alpha value is -2.15. The first-order valence-electron chi connectivity index (χ1n) is 9.01. The maximum Gasteiger partial charge on any atom is 0.276 e. The minimum Gasteiger partial charge on any atom is -0.505 e. The van der Waals surface area contributed by atoms with Crippen molar-refractivity contribution in [3.63, 3.8) is 0 Å². The predicted octanol–water partition coefficient (Wildman–Crippen LogP) is 0.946. The molecule has 0 radical (unpaired) electrons. The number of amides is 2. The Bertz CT molecular complexity index is 629. The van der Waals surface area contributed by atoms with E-state index in [0.717, 1.165) is 19.4 Å². The zero-order valence-electron chi connectivity index (χ0n) is 14.7. The van der Waals surface area contributed by atoms with Gasteiger partial charge >= 0.3 is 0 Å². The highest BCUT2D eigenvalue weighted by Gasteiger charge is 2.28. The van der Waals surface area contributed by atoms with Gasteiger partial charge in [-0.15, -0.1) is 0 Å². The Balaban J connectivity index is 1.51. The first-order chi connectivity index (χ1) is 12.1. The topological polar surface area (TPSA) is 77.0 Å². The van der Waals surface area contributed by atoms with Crippen LogP contribution < -0.4 is 0 Å². The van der Waals surface area contributed by atoms with Gasteiger partial charge in [0.2, 0.25) is 5.91 Å². The van der Waals surface area contributed by atoms with Crippen molar-refractivity contribution in [1.82, 2.24) is 19.7 Å². The van der Waals surface area contributed by atoms with Crippen LogP contribution in [0.3, 0.4) is 0 Å². The molecule has 1 atom stereocenters. The smallest absolute Gasteiger partial charge is 0.276 e. The zero-order chi connectivity index (χ0) is 17.8. The molecule has 2 aliphatic heterocycles. The number of hydrogen-bond acceptors (Lipinski definition) is 5. The van der Waals surface area contributed by atoms with Gasteiger partial charge < -0.3 is 14.9 Å². The normalized spacial score (nSPS) is 22.0. The molecule has 2 amide bonds. The lowest BCUT2D eigenvalue weighted by molar-refractivity contribution is -0.136. The van der Waals surface area contributed by atoms with Gasteiger partial charge in [0.1, 0.15) is 5.75 Å². The van der Waals surface area contributed by atoms with Gasteiger partial charge in [-0.3, -0.25) is 14.5 Å². The molecule has 0 bridgehead atoms. The van der Waals surface area contributed by atoms with Crippen LogP contribution in [-0.4, -0.2) is 81.9 Å². The van der Waals surface area contributed by atoms with Crippen molar-refractivity contribution in [2.75, 3.05) is 39.3 Å². The van der Waals surface area contributed by atoms with Crippen molar-refractivity contribution in [3.05, 3.63) is 24.0 Å². The van der Waals surface area contributed by atoms with Crippen LogP contribution in [0, 0.1) is 0 Å². The summed E-state index contributed by atoms with van der Waals surface area (Å²) in [4.78, 5) is 34.7. The molecule has 3 rings (SSSR count). The third-order valence-electron chi connectivity index (χ3n) is 5.13. The molecular weight excluding hydrogens is 320 g/mol. The molecule has 1 N–H and O–H groups in total. The molecule has 0 saturated carbocycles. The van der Waals surface area contributed by atoms with E-state index in [2.05, 4.69) is 16.8 Å². The molecule has 136 valence electrons. The lowest BCUT2D eigenvalue weighted by Gasteiger charge is -2.38. The average Bonchev–Trinajstić information content (AvgIpc) is 2.62. The molecule has 0 aliphatic carbocycles. The molecule has 1 aromatic rings. The second-order valence-electron chi connectivity index (χ2n) is 6.87. The van der Waals surface area contributed by atoms with Gasteiger partial charge in [0.05, 0.1) is 6.54 Å². The monoisotopic (exact) mass is 346 g/mol. The predicted molar refractivity (Wildman–Crippen MR) is 93.3 cm³/mol. The van der Waals surface area contributed by atoms with Crippen LogP contribution in [-0.2, 0) is 4.79 Å². The summed E-state index contributed by atoms with van der Waals surface area (Å²) in [6, 6.07) is 3.39. The minimum atomic E-state index is -0.256. The van der Waals surface area contributed by atoms with Crippen LogP contribution >= 0.6 is 0 Å². The van der Waals surface area contributed by atoms with E-state index in [-0.39, 0.29) is 23.3 Å². The van der Waals surface area contributed by atoms with Crippen molar-refractivity contribution in [3.8, 4) is 5.75 Å². The molecule has 1 aromatic heterocycles. The zero-order valence-corrected chi connectivity index (χ0v) is 14.7. The van der Waals surface area contributed by atoms with Crippen molar-refractivity contribution in [1.29, 1.82) is 0 Å². The molecule has 0 aromatic carbocycles. The first kappa shape index (κ1) is 17.7. The highest BCUT2D eigenvalue weighted by molar-refractivity contribution is 5.94. The number of piperidine rings is 1. The van der Waals surface area contributed by atoms with Gasteiger partial charge in [0.25, 0.3) is 5.91 Å². The summed E-state index contributed by atoms with van der Waals surface area (Å²) in [7, 11) is 0. The third-order valence-corrected chi connectivity index (χ3v) is 5.13. The van der Waals surface area contributed by atoms with E-state index in [9.17, 15) is 14.7 Å². The number of aromatic hydroxyl groups is 1. The van der Waals surface area contributed by atoms with Gasteiger partial charge in [0.15, 0.2) is 5.69 Å². The van der Waals surface area contributed by atoms with E-state index in [4.69, 9.17) is 0 Å². The van der Waals surface area contributed by atoms with E-state index in [0.29, 0.717) is 38.8 Å². The summed E-state index contributed by atoms with van der Waals surface area (Å²) in [6.45, 7) is 5.79. The number of rotatable bonds is 3. The highest BCUT2D eigenvalue weighted by Crippen LogP contribution is 2.18. The summed E-state index contributed by atoms with van der Waals surface area (Å²) in [5.41, 5.74) is 0.0918. The van der Waals surface area contributed by atoms with Crippen LogP contribution in [0.4, 0.5) is 0 Å². The maximum atomic E-state index is 12.5. The summed E-state index contributed by atoms with van der Waals surface area (Å²) in [5, 5.41) is 9.78. The molecule has 1 unspecified atom stereocenters. The van der Waals surface area contributed by atoms with Gasteiger partial charge in [0, 0.05) is 45.0 Å². The number of aromatic nitrogens is 1. The molecule has 2 fully saturated rings. The third kappa shape index (κ3) is 4.10. The highest BCUT2D eigenvalue weighted by atomic mass is 16.3. The van der Waals surface area contributed by atoms with Crippen molar-refractivity contribution in [2.45, 2.75) is 32.2 Å². The SMILES string of the molecule is CC1CCCCN1C(=O)CN1CCN(C(=O)c2ncccc2O)CC1. The largest absolute Gasteiger partial charge is 0.505 e. The summed E-state index contributed by atoms with van der Waals surface area (Å²) >= 11 is 0. The Morgan fingerprint density at radius 2 is 1.96 bits per heavy atom. The van der Waals surface area contributed by atoms with E-state index in [1.807, 2.05) is 4.90 Å². The Morgan fingerprint density at radius 3 is 2.64 bits per heavy atom. The number of carbonyl (C=O) groups excluding carboxylic acids is 2. The fourth-order valence-corrected chi connectivity index (χ4v) is 3.57. The van der Waals surface area contributed by atoms with Gasteiger partial charge in [-0.2, -0.15) is 0 Å². The molecule has 25 heavy (non-hydrogen) atoms. The van der Waals surface area contributed by atoms with E-state index < -0.39 is 0 Å². The number of nitrogens with zero attached hydrogens (tertiary/aromatic N) is 4. The lowest BCUT2D eigenvalue weighted by atomic mass is 10.0. The molecular formula is C18H26N4O3. The summed E-state index contributed by atoms with van der Waals surface area (Å²) in [5.74, 6) is -0.160. The fraction of sp³-hybridized carbons (Fsp3) is 0.611. The summed E-state index contributed by atoms with van der Waals surface area (Å²) < 4.78 is 0. The second kappa shape index (κ2) is 7.82. The Labute approximate surface area is 148 Å². The van der Waals surface area contributed by atoms with Crippen LogP contribution in [0.25, 0.3) is 0 Å². The van der Waals surface area contributed by atoms with Crippen molar-refractivity contribution < 1.29 is 14.7 Å². The maximum absolute atomic E-state index is 12.5. The van der Waals surface area contributed by atoms with Crippen LogP contribution in [0.15, 0.2) is 18.3 Å². The van der Waals surface area contributed by atoms with Crippen molar-refractivity contribution >= 4 is 11.8 Å². The number of hydrogen-bond donors (Lipinski definition) is 1. The average molecular weight is 346 g/mol. The van der Waals surface area contributed by atoms with Gasteiger partial charge in [-0.05, 0) is 38.3 Å². The van der Waals surface area contributed by atoms with E-state index in [1.165, 1.54) is 18.7 Å². The molecule has 0 spiro atoms. The molecule has 7 nitrogen and oxygen atoms in total. The number of pyridine rings is 1. The summed E-state index contributed by atoms with van der Waals surface area (Å²) in [6.07, 6.45) is 4.88. The Morgan fingerprint density at radius 1 is 1.20 bits per heavy atom. The quantitative estimate of drug-likeness (QED) is 0.882. The number of piperazine rings is 1. The number of carbonyl (C=O) groups is 2. The number of likely N-dealkylation sites (tertiary alicyclic amines) is 1. The van der Waals surface area contributed by atoms with Crippen LogP contribution in [0.1, 0.15) is 36.7 Å². The lowest BCUT2D eigenvalue weighted by Crippen LogP contribution is -2.53. The van der Waals surface area contributed by atoms with Gasteiger partial charge in [-0.1, -0.05) is 0 Å². The fourth-order valence-electron chi connectivity index (χ4n) is 3.57. The van der Waals surface area contributed by atoms with Crippen molar-refractivity contribution in [2.24, 2.45) is 0 Å². The van der Waals surface area contributed by atoms with E-state index >= 15 is 0 Å². The molecule has 7 heteroatoms. The Kier molecular flexibility index (Phi) is 5.53. The molecule has 2 saturated heterocycles. The van der Waals surface area contributed by atoms with Crippen LogP contribution in [0.2, 0.25) is 0 Å². The van der Waals surface area contributed by atoms with Gasteiger partial charge in [-0.25, -0.2) is 4.98 Å².